The van der Waals surface area contributed by atoms with Crippen molar-refractivity contribution in [1.82, 2.24) is 10.3 Å². The molecule has 0 aliphatic carbocycles. The molecule has 2 aliphatic rings. The molecule has 3 heterocycles. The van der Waals surface area contributed by atoms with Crippen LogP contribution in [-0.2, 0) is 0 Å². The highest BCUT2D eigenvalue weighted by molar-refractivity contribution is 9.10. The smallest absolute Gasteiger partial charge is 0.263 e. The van der Waals surface area contributed by atoms with E-state index in [2.05, 4.69) is 26.2 Å². The van der Waals surface area contributed by atoms with Crippen LogP contribution >= 0.6 is 27.3 Å². The van der Waals surface area contributed by atoms with Crippen LogP contribution in [0.2, 0.25) is 0 Å². The Morgan fingerprint density at radius 2 is 2.28 bits per heavy atom. The molecular formula is C16H15BrFN3O3S. The van der Waals surface area contributed by atoms with Crippen LogP contribution in [0.5, 0.6) is 5.75 Å². The number of ether oxygens (including phenoxy) is 1. The molecule has 25 heavy (non-hydrogen) atoms. The molecule has 0 spiro atoms. The van der Waals surface area contributed by atoms with Gasteiger partial charge < -0.3 is 20.1 Å². The summed E-state index contributed by atoms with van der Waals surface area (Å²) < 4.78 is 19.6. The maximum atomic E-state index is 13.8. The number of halogens is 2. The molecule has 6 nitrogen and oxygen atoms in total. The van der Waals surface area contributed by atoms with Gasteiger partial charge >= 0.3 is 0 Å². The third kappa shape index (κ3) is 2.61. The number of amides is 1. The van der Waals surface area contributed by atoms with Crippen molar-refractivity contribution in [3.63, 3.8) is 0 Å². The first kappa shape index (κ1) is 16.7. The summed E-state index contributed by atoms with van der Waals surface area (Å²) in [5, 5.41) is 13.9. The van der Waals surface area contributed by atoms with Crippen molar-refractivity contribution >= 4 is 44.0 Å². The van der Waals surface area contributed by atoms with Crippen LogP contribution in [0.25, 0.3) is 0 Å². The van der Waals surface area contributed by atoms with Crippen LogP contribution in [0, 0.1) is 5.82 Å². The van der Waals surface area contributed by atoms with Crippen molar-refractivity contribution in [2.75, 3.05) is 18.1 Å². The third-order valence-electron chi connectivity index (χ3n) is 4.32. The van der Waals surface area contributed by atoms with Crippen molar-refractivity contribution in [3.05, 3.63) is 33.0 Å². The molecule has 1 aromatic carbocycles. The molecule has 0 radical (unpaired) electrons. The molecular weight excluding hydrogens is 413 g/mol. The van der Waals surface area contributed by atoms with Gasteiger partial charge in [-0.2, -0.15) is 0 Å². The van der Waals surface area contributed by atoms with Gasteiger partial charge in [0.05, 0.1) is 27.9 Å². The Kier molecular flexibility index (Phi) is 3.78. The lowest BCUT2D eigenvalue weighted by Crippen LogP contribution is -2.51. The average molecular weight is 428 g/mol. The fraction of sp³-hybridized carbons (Fsp3) is 0.375. The summed E-state index contributed by atoms with van der Waals surface area (Å²) in [6.45, 7) is 4.39. The minimum atomic E-state index is -0.898. The van der Waals surface area contributed by atoms with Gasteiger partial charge in [-0.25, -0.2) is 9.37 Å². The summed E-state index contributed by atoms with van der Waals surface area (Å²) in [7, 11) is 0. The van der Waals surface area contributed by atoms with Gasteiger partial charge in [-0.1, -0.05) is 11.3 Å². The molecule has 1 unspecified atom stereocenters. The maximum Gasteiger partial charge on any atom is 0.263 e. The predicted octanol–water partition coefficient (Wildman–Crippen LogP) is 3.13. The second-order valence-corrected chi connectivity index (χ2v) is 8.36. The molecule has 2 aromatic rings. The van der Waals surface area contributed by atoms with Crippen LogP contribution in [0.1, 0.15) is 35.3 Å². The van der Waals surface area contributed by atoms with Crippen molar-refractivity contribution in [1.29, 1.82) is 0 Å². The number of aliphatic hydroxyl groups is 1. The second kappa shape index (κ2) is 5.65. The monoisotopic (exact) mass is 427 g/mol. The molecule has 1 aromatic heterocycles. The fourth-order valence-corrected chi connectivity index (χ4v) is 4.32. The molecule has 1 amide bonds. The Hall–Kier alpha value is -1.71. The van der Waals surface area contributed by atoms with Crippen molar-refractivity contribution < 1.29 is 19.0 Å². The van der Waals surface area contributed by atoms with Gasteiger partial charge in [0.25, 0.3) is 5.91 Å². The molecule has 2 aliphatic heterocycles. The number of anilines is 2. The fourth-order valence-electron chi connectivity index (χ4n) is 2.95. The van der Waals surface area contributed by atoms with Gasteiger partial charge in [-0.05, 0) is 35.8 Å². The third-order valence-corrected chi connectivity index (χ3v) is 6.02. The quantitative estimate of drug-likeness (QED) is 0.730. The Morgan fingerprint density at radius 3 is 3.04 bits per heavy atom. The summed E-state index contributed by atoms with van der Waals surface area (Å²) in [4.78, 5) is 19.1. The zero-order valence-electron chi connectivity index (χ0n) is 13.5. The van der Waals surface area contributed by atoms with E-state index in [4.69, 9.17) is 4.74 Å². The van der Waals surface area contributed by atoms with Crippen LogP contribution in [-0.4, -0.2) is 34.7 Å². The Morgan fingerprint density at radius 1 is 1.52 bits per heavy atom. The average Bonchev–Trinajstić information content (AvgIpc) is 2.99. The highest BCUT2D eigenvalue weighted by Gasteiger charge is 2.42. The first-order chi connectivity index (χ1) is 11.8. The van der Waals surface area contributed by atoms with Crippen LogP contribution in [0.3, 0.4) is 0 Å². The van der Waals surface area contributed by atoms with Crippen LogP contribution in [0.4, 0.5) is 15.2 Å². The van der Waals surface area contributed by atoms with E-state index < -0.39 is 17.5 Å². The minimum absolute atomic E-state index is 0.247. The first-order valence-corrected chi connectivity index (χ1v) is 9.29. The molecule has 0 saturated carbocycles. The highest BCUT2D eigenvalue weighted by Crippen LogP contribution is 2.44. The molecule has 9 heteroatoms. The van der Waals surface area contributed by atoms with E-state index in [1.807, 2.05) is 4.90 Å². The summed E-state index contributed by atoms with van der Waals surface area (Å²) >= 11 is 4.39. The Bertz CT molecular complexity index is 886. The van der Waals surface area contributed by atoms with Crippen LogP contribution < -0.4 is 15.0 Å². The number of benzene rings is 1. The molecule has 0 saturated heterocycles. The van der Waals surface area contributed by atoms with E-state index in [-0.39, 0.29) is 5.91 Å². The highest BCUT2D eigenvalue weighted by atomic mass is 79.9. The van der Waals surface area contributed by atoms with Gasteiger partial charge in [0, 0.05) is 6.07 Å². The van der Waals surface area contributed by atoms with Gasteiger partial charge in [0.1, 0.15) is 29.2 Å². The van der Waals surface area contributed by atoms with Crippen molar-refractivity contribution in [2.24, 2.45) is 0 Å². The number of aromatic nitrogens is 1. The van der Waals surface area contributed by atoms with E-state index in [1.165, 1.54) is 17.4 Å². The maximum absolute atomic E-state index is 13.8. The van der Waals surface area contributed by atoms with Crippen molar-refractivity contribution in [3.8, 4) is 5.75 Å². The van der Waals surface area contributed by atoms with E-state index in [9.17, 15) is 14.3 Å². The zero-order valence-corrected chi connectivity index (χ0v) is 15.9. The topological polar surface area (TPSA) is 74.7 Å². The van der Waals surface area contributed by atoms with Gasteiger partial charge in [0.15, 0.2) is 5.13 Å². The molecule has 2 N–H and O–H groups in total. The summed E-state index contributed by atoms with van der Waals surface area (Å²) in [6.07, 6.45) is -0.898. The van der Waals surface area contributed by atoms with E-state index >= 15 is 0 Å². The number of hydrogen-bond acceptors (Lipinski definition) is 6. The summed E-state index contributed by atoms with van der Waals surface area (Å²) in [5.74, 6) is -0.233. The number of nitrogens with one attached hydrogen (secondary N) is 1. The molecule has 1 atom stereocenters. The normalized spacial score (nSPS) is 21.2. The SMILES string of the molecule is CC1(C)NC(=O)c2sc(N3CCOc4cc(F)c(Br)cc43)nc2C1O. The van der Waals surface area contributed by atoms with Gasteiger partial charge in [-0.15, -0.1) is 0 Å². The number of nitrogens with zero attached hydrogens (tertiary/aromatic N) is 2. The summed E-state index contributed by atoms with van der Waals surface area (Å²) in [5.41, 5.74) is 0.257. The zero-order chi connectivity index (χ0) is 17.9. The first-order valence-electron chi connectivity index (χ1n) is 7.68. The largest absolute Gasteiger partial charge is 0.489 e. The Balaban J connectivity index is 1.80. The van der Waals surface area contributed by atoms with Gasteiger partial charge in [-0.3, -0.25) is 4.79 Å². The molecule has 4 rings (SSSR count). The summed E-state index contributed by atoms with van der Waals surface area (Å²) in [6, 6.07) is 2.95. The second-order valence-electron chi connectivity index (χ2n) is 6.52. The van der Waals surface area contributed by atoms with E-state index in [0.717, 1.165) is 0 Å². The van der Waals surface area contributed by atoms with Crippen LogP contribution in [0.15, 0.2) is 16.6 Å². The van der Waals surface area contributed by atoms with Gasteiger partial charge in [0.2, 0.25) is 0 Å². The number of carbonyl (C=O) groups excluding carboxylic acids is 1. The number of hydrogen-bond donors (Lipinski definition) is 2. The lowest BCUT2D eigenvalue weighted by atomic mass is 9.91. The molecule has 132 valence electrons. The minimum Gasteiger partial charge on any atom is -0.489 e. The standard InChI is InChI=1S/C16H15BrFN3O3S/c1-16(2)13(22)11-12(14(23)20-16)25-15(19-11)21-3-4-24-10-6-8(18)7(17)5-9(10)21/h5-6,13,22H,3-4H2,1-2H3,(H,20,23). The number of fused-ring (bicyclic) bond motifs is 2. The molecule has 0 bridgehead atoms. The number of aliphatic hydroxyl groups excluding tert-OH is 1. The predicted molar refractivity (Wildman–Crippen MR) is 95.2 cm³/mol. The number of rotatable bonds is 1. The number of thiazole rings is 1. The lowest BCUT2D eigenvalue weighted by molar-refractivity contribution is 0.0533. The molecule has 0 fully saturated rings. The van der Waals surface area contributed by atoms with Crippen molar-refractivity contribution in [2.45, 2.75) is 25.5 Å². The lowest BCUT2D eigenvalue weighted by Gasteiger charge is -2.34. The van der Waals surface area contributed by atoms with E-state index in [1.54, 1.807) is 19.9 Å². The Labute approximate surface area is 155 Å². The van der Waals surface area contributed by atoms with E-state index in [0.29, 0.717) is 44.8 Å². The number of carbonyl (C=O) groups is 1.